The number of nitrogens with one attached hydrogen (secondary N) is 1. The monoisotopic (exact) mass is 221 g/mol. The first kappa shape index (κ1) is 13.2. The Kier molecular flexibility index (Phi) is 6.86. The van der Waals surface area contributed by atoms with Crippen LogP contribution in [-0.4, -0.2) is 18.3 Å². The molecule has 0 fully saturated rings. The molecule has 0 spiro atoms. The molecule has 1 unspecified atom stereocenters. The zero-order valence-electron chi connectivity index (χ0n) is 10.2. The smallest absolute Gasteiger partial charge is 0.0456 e. The molecular weight excluding hydrogens is 198 g/mol. The van der Waals surface area contributed by atoms with Gasteiger partial charge in [-0.3, -0.25) is 0 Å². The van der Waals surface area contributed by atoms with E-state index in [2.05, 4.69) is 36.5 Å². The van der Waals surface area contributed by atoms with Crippen molar-refractivity contribution in [3.8, 4) is 0 Å². The molecule has 2 N–H and O–H groups in total. The predicted octanol–water partition coefficient (Wildman–Crippen LogP) is 2.57. The second-order valence-electron chi connectivity index (χ2n) is 4.45. The molecule has 0 aliphatic rings. The molecule has 0 saturated heterocycles. The van der Waals surface area contributed by atoms with Gasteiger partial charge in [0.1, 0.15) is 0 Å². The Labute approximate surface area is 98.7 Å². The number of hydrogen-bond donors (Lipinski definition) is 2. The van der Waals surface area contributed by atoms with Gasteiger partial charge in [-0.2, -0.15) is 0 Å². The highest BCUT2D eigenvalue weighted by Crippen LogP contribution is 2.06. The molecule has 0 bridgehead atoms. The van der Waals surface area contributed by atoms with Crippen LogP contribution in [0.4, 0.5) is 0 Å². The van der Waals surface area contributed by atoms with E-state index < -0.39 is 0 Å². The van der Waals surface area contributed by atoms with Crippen molar-refractivity contribution in [3.05, 3.63) is 35.9 Å². The molecule has 2 nitrogen and oxygen atoms in total. The molecule has 0 heterocycles. The van der Waals surface area contributed by atoms with Crippen molar-refractivity contribution >= 4 is 0 Å². The van der Waals surface area contributed by atoms with Gasteiger partial charge in [0, 0.05) is 13.2 Å². The van der Waals surface area contributed by atoms with Crippen molar-refractivity contribution in [2.24, 2.45) is 5.92 Å². The number of unbranched alkanes of at least 4 members (excludes halogenated alkanes) is 1. The minimum absolute atomic E-state index is 0.317. The highest BCUT2D eigenvalue weighted by molar-refractivity contribution is 5.14. The fourth-order valence-electron chi connectivity index (χ4n) is 1.66. The Morgan fingerprint density at radius 2 is 1.94 bits per heavy atom. The maximum atomic E-state index is 8.87. The number of benzene rings is 1. The van der Waals surface area contributed by atoms with Crippen LogP contribution in [0.2, 0.25) is 0 Å². The molecule has 1 aromatic carbocycles. The van der Waals surface area contributed by atoms with Crippen molar-refractivity contribution in [1.29, 1.82) is 0 Å². The second-order valence-corrected chi connectivity index (χ2v) is 4.45. The van der Waals surface area contributed by atoms with Crippen LogP contribution >= 0.6 is 0 Å². The fourth-order valence-corrected chi connectivity index (χ4v) is 1.66. The molecular formula is C14H23NO. The van der Waals surface area contributed by atoms with Gasteiger partial charge in [0.15, 0.2) is 0 Å². The summed E-state index contributed by atoms with van der Waals surface area (Å²) in [5.74, 6) is 0.453. The Bertz CT molecular complexity index is 261. The van der Waals surface area contributed by atoms with Crippen LogP contribution < -0.4 is 5.32 Å². The third kappa shape index (κ3) is 5.89. The lowest BCUT2D eigenvalue weighted by Crippen LogP contribution is -2.14. The van der Waals surface area contributed by atoms with Crippen molar-refractivity contribution in [3.63, 3.8) is 0 Å². The normalized spacial score (nSPS) is 12.6. The summed E-state index contributed by atoms with van der Waals surface area (Å²) >= 11 is 0. The lowest BCUT2D eigenvalue weighted by Gasteiger charge is -2.08. The van der Waals surface area contributed by atoms with Gasteiger partial charge in [-0.15, -0.1) is 0 Å². The molecule has 1 aromatic rings. The largest absolute Gasteiger partial charge is 0.396 e. The van der Waals surface area contributed by atoms with Gasteiger partial charge in [-0.25, -0.2) is 0 Å². The summed E-state index contributed by atoms with van der Waals surface area (Å²) in [7, 11) is 0. The molecule has 2 heteroatoms. The Morgan fingerprint density at radius 1 is 1.19 bits per heavy atom. The van der Waals surface area contributed by atoms with Crippen molar-refractivity contribution in [2.75, 3.05) is 13.2 Å². The fraction of sp³-hybridized carbons (Fsp3) is 0.571. The SMILES string of the molecule is CC(CO)CCCCNCc1ccccc1. The summed E-state index contributed by atoms with van der Waals surface area (Å²) in [5, 5.41) is 12.3. The van der Waals surface area contributed by atoms with E-state index in [1.807, 2.05) is 6.07 Å². The van der Waals surface area contributed by atoms with E-state index in [1.165, 1.54) is 18.4 Å². The maximum Gasteiger partial charge on any atom is 0.0456 e. The minimum Gasteiger partial charge on any atom is -0.396 e. The summed E-state index contributed by atoms with van der Waals surface area (Å²) in [5.41, 5.74) is 1.34. The van der Waals surface area contributed by atoms with E-state index in [0.29, 0.717) is 12.5 Å². The summed E-state index contributed by atoms with van der Waals surface area (Å²) < 4.78 is 0. The summed E-state index contributed by atoms with van der Waals surface area (Å²) in [6, 6.07) is 10.5. The average Bonchev–Trinajstić information content (AvgIpc) is 2.34. The molecule has 0 saturated carbocycles. The van der Waals surface area contributed by atoms with Gasteiger partial charge in [-0.1, -0.05) is 43.7 Å². The third-order valence-electron chi connectivity index (χ3n) is 2.78. The minimum atomic E-state index is 0.317. The van der Waals surface area contributed by atoms with E-state index in [0.717, 1.165) is 19.5 Å². The van der Waals surface area contributed by atoms with Crippen LogP contribution in [-0.2, 0) is 6.54 Å². The van der Waals surface area contributed by atoms with Crippen LogP contribution in [0.3, 0.4) is 0 Å². The van der Waals surface area contributed by atoms with E-state index in [1.54, 1.807) is 0 Å². The Balaban J connectivity index is 1.96. The van der Waals surface area contributed by atoms with E-state index in [4.69, 9.17) is 5.11 Å². The van der Waals surface area contributed by atoms with Crippen LogP contribution in [0, 0.1) is 5.92 Å². The van der Waals surface area contributed by atoms with Crippen molar-refractivity contribution < 1.29 is 5.11 Å². The highest BCUT2D eigenvalue weighted by Gasteiger charge is 1.98. The maximum absolute atomic E-state index is 8.87. The molecule has 16 heavy (non-hydrogen) atoms. The quantitative estimate of drug-likeness (QED) is 0.661. The molecule has 1 atom stereocenters. The standard InChI is InChI=1S/C14H23NO/c1-13(12-16)7-5-6-10-15-11-14-8-3-2-4-9-14/h2-4,8-9,13,15-16H,5-7,10-12H2,1H3. The van der Waals surface area contributed by atoms with Gasteiger partial charge in [0.05, 0.1) is 0 Å². The van der Waals surface area contributed by atoms with E-state index >= 15 is 0 Å². The second kappa shape index (κ2) is 8.31. The van der Waals surface area contributed by atoms with Crippen molar-refractivity contribution in [1.82, 2.24) is 5.32 Å². The van der Waals surface area contributed by atoms with Gasteiger partial charge < -0.3 is 10.4 Å². The summed E-state index contributed by atoms with van der Waals surface area (Å²) in [6.45, 7) is 4.43. The van der Waals surface area contributed by atoms with Gasteiger partial charge in [-0.05, 0) is 30.9 Å². The molecule has 0 radical (unpaired) electrons. The molecule has 0 aromatic heterocycles. The first-order valence-electron chi connectivity index (χ1n) is 6.18. The average molecular weight is 221 g/mol. The zero-order chi connectivity index (χ0) is 11.6. The van der Waals surface area contributed by atoms with E-state index in [9.17, 15) is 0 Å². The number of aliphatic hydroxyl groups excluding tert-OH is 1. The molecule has 0 aliphatic heterocycles. The van der Waals surface area contributed by atoms with Crippen LogP contribution in [0.15, 0.2) is 30.3 Å². The Hall–Kier alpha value is -0.860. The predicted molar refractivity (Wildman–Crippen MR) is 68.2 cm³/mol. The lowest BCUT2D eigenvalue weighted by molar-refractivity contribution is 0.227. The van der Waals surface area contributed by atoms with Crippen LogP contribution in [0.25, 0.3) is 0 Å². The zero-order valence-corrected chi connectivity index (χ0v) is 10.2. The van der Waals surface area contributed by atoms with Gasteiger partial charge >= 0.3 is 0 Å². The highest BCUT2D eigenvalue weighted by atomic mass is 16.3. The Morgan fingerprint density at radius 3 is 2.62 bits per heavy atom. The van der Waals surface area contributed by atoms with E-state index in [-0.39, 0.29) is 0 Å². The molecule has 0 aliphatic carbocycles. The third-order valence-corrected chi connectivity index (χ3v) is 2.78. The van der Waals surface area contributed by atoms with Gasteiger partial charge in [0.25, 0.3) is 0 Å². The summed E-state index contributed by atoms with van der Waals surface area (Å²) in [6.07, 6.45) is 3.52. The van der Waals surface area contributed by atoms with Crippen LogP contribution in [0.1, 0.15) is 31.7 Å². The van der Waals surface area contributed by atoms with Gasteiger partial charge in [0.2, 0.25) is 0 Å². The van der Waals surface area contributed by atoms with Crippen LogP contribution in [0.5, 0.6) is 0 Å². The number of aliphatic hydroxyl groups is 1. The first-order chi connectivity index (χ1) is 7.83. The summed E-state index contributed by atoms with van der Waals surface area (Å²) in [4.78, 5) is 0. The van der Waals surface area contributed by atoms with Crippen molar-refractivity contribution in [2.45, 2.75) is 32.7 Å². The molecule has 1 rings (SSSR count). The molecule has 0 amide bonds. The lowest BCUT2D eigenvalue weighted by atomic mass is 10.1. The topological polar surface area (TPSA) is 32.3 Å². The molecule has 90 valence electrons. The number of hydrogen-bond acceptors (Lipinski definition) is 2. The number of rotatable bonds is 8. The first-order valence-corrected chi connectivity index (χ1v) is 6.18.